The summed E-state index contributed by atoms with van der Waals surface area (Å²) in [4.78, 5) is 27.4. The summed E-state index contributed by atoms with van der Waals surface area (Å²) in [5.74, 6) is -1.19. The minimum Gasteiger partial charge on any atom is -0.371 e. The third-order valence-electron chi connectivity index (χ3n) is 6.63. The molecule has 7 nitrogen and oxygen atoms in total. The van der Waals surface area contributed by atoms with Gasteiger partial charge in [0.2, 0.25) is 11.8 Å². The maximum absolute atomic E-state index is 14.8. The molecule has 1 aromatic carbocycles. The van der Waals surface area contributed by atoms with Crippen molar-refractivity contribution in [3.8, 4) is 0 Å². The van der Waals surface area contributed by atoms with Crippen molar-refractivity contribution in [2.45, 2.75) is 38.1 Å². The first kappa shape index (κ1) is 22.0. The predicted molar refractivity (Wildman–Crippen MR) is 115 cm³/mol. The maximum Gasteiger partial charge on any atom is 0.249 e. The SMILES string of the molecule is O=C1CCC(Nc2cc(F)c(N3CCN(CCC4CCNCC4)CC3)cc2F)C(=O)N1. The van der Waals surface area contributed by atoms with Crippen LogP contribution < -0.4 is 20.9 Å². The van der Waals surface area contributed by atoms with E-state index in [4.69, 9.17) is 0 Å². The van der Waals surface area contributed by atoms with E-state index in [9.17, 15) is 18.4 Å². The quantitative estimate of drug-likeness (QED) is 0.591. The summed E-state index contributed by atoms with van der Waals surface area (Å²) in [5.41, 5.74) is 0.195. The zero-order valence-electron chi connectivity index (χ0n) is 17.8. The largest absolute Gasteiger partial charge is 0.371 e. The van der Waals surface area contributed by atoms with Crippen molar-refractivity contribution < 1.29 is 18.4 Å². The van der Waals surface area contributed by atoms with Crippen LogP contribution in [0.5, 0.6) is 0 Å². The van der Waals surface area contributed by atoms with Crippen LogP contribution in [0.4, 0.5) is 20.2 Å². The first-order valence-electron chi connectivity index (χ1n) is 11.3. The van der Waals surface area contributed by atoms with Crippen molar-refractivity contribution in [2.24, 2.45) is 5.92 Å². The Balaban J connectivity index is 1.31. The van der Waals surface area contributed by atoms with Crippen molar-refractivity contribution in [1.29, 1.82) is 0 Å². The van der Waals surface area contributed by atoms with E-state index in [-0.39, 0.29) is 30.1 Å². The number of piperazine rings is 1. The summed E-state index contributed by atoms with van der Waals surface area (Å²) in [5, 5.41) is 8.34. The van der Waals surface area contributed by atoms with Crippen LogP contribution in [0.25, 0.3) is 0 Å². The van der Waals surface area contributed by atoms with Gasteiger partial charge in [0.1, 0.15) is 17.7 Å². The fourth-order valence-electron chi connectivity index (χ4n) is 4.66. The number of hydrogen-bond donors (Lipinski definition) is 3. The van der Waals surface area contributed by atoms with Gasteiger partial charge < -0.3 is 15.5 Å². The Morgan fingerprint density at radius 3 is 2.45 bits per heavy atom. The molecule has 0 bridgehead atoms. The molecule has 0 aromatic heterocycles. The van der Waals surface area contributed by atoms with Gasteiger partial charge in [-0.15, -0.1) is 0 Å². The van der Waals surface area contributed by atoms with Crippen molar-refractivity contribution in [3.05, 3.63) is 23.8 Å². The number of benzene rings is 1. The molecule has 0 spiro atoms. The maximum atomic E-state index is 14.8. The molecule has 3 heterocycles. The fourth-order valence-corrected chi connectivity index (χ4v) is 4.66. The summed E-state index contributed by atoms with van der Waals surface area (Å²) in [7, 11) is 0. The molecular formula is C22H31F2N5O2. The van der Waals surface area contributed by atoms with Crippen LogP contribution in [-0.2, 0) is 9.59 Å². The molecule has 3 saturated heterocycles. The molecule has 170 valence electrons. The van der Waals surface area contributed by atoms with Gasteiger partial charge in [-0.25, -0.2) is 8.78 Å². The number of halogens is 2. The Bertz CT molecular complexity index is 807. The number of anilines is 2. The monoisotopic (exact) mass is 435 g/mol. The summed E-state index contributed by atoms with van der Waals surface area (Å²) < 4.78 is 29.5. The lowest BCUT2D eigenvalue weighted by Gasteiger charge is -2.37. The van der Waals surface area contributed by atoms with Crippen molar-refractivity contribution >= 4 is 23.2 Å². The van der Waals surface area contributed by atoms with Crippen LogP contribution in [0.15, 0.2) is 12.1 Å². The molecule has 0 saturated carbocycles. The van der Waals surface area contributed by atoms with E-state index in [1.807, 2.05) is 4.90 Å². The number of hydrogen-bond acceptors (Lipinski definition) is 6. The van der Waals surface area contributed by atoms with E-state index in [0.717, 1.165) is 44.7 Å². The zero-order valence-corrected chi connectivity index (χ0v) is 17.8. The average Bonchev–Trinajstić information content (AvgIpc) is 2.77. The summed E-state index contributed by atoms with van der Waals surface area (Å²) >= 11 is 0. The highest BCUT2D eigenvalue weighted by Crippen LogP contribution is 2.28. The highest BCUT2D eigenvalue weighted by molar-refractivity contribution is 6.01. The molecule has 1 unspecified atom stereocenters. The molecule has 1 atom stereocenters. The highest BCUT2D eigenvalue weighted by atomic mass is 19.1. The standard InChI is InChI=1S/C22H31F2N5O2/c23-16-14-20(17(24)13-19(16)26-18-1-2-21(30)27-22(18)31)29-11-9-28(10-12-29)8-5-15-3-6-25-7-4-15/h13-15,18,25-26H,1-12H2,(H,27,30,31). The van der Waals surface area contributed by atoms with E-state index in [2.05, 4.69) is 20.9 Å². The van der Waals surface area contributed by atoms with Crippen LogP contribution in [0, 0.1) is 17.6 Å². The summed E-state index contributed by atoms with van der Waals surface area (Å²) in [6, 6.07) is 1.56. The van der Waals surface area contributed by atoms with E-state index in [1.54, 1.807) is 0 Å². The molecule has 9 heteroatoms. The number of rotatable bonds is 6. The Morgan fingerprint density at radius 1 is 1.00 bits per heavy atom. The Morgan fingerprint density at radius 2 is 1.74 bits per heavy atom. The van der Waals surface area contributed by atoms with E-state index >= 15 is 0 Å². The number of nitrogens with zero attached hydrogens (tertiary/aromatic N) is 2. The topological polar surface area (TPSA) is 76.7 Å². The smallest absolute Gasteiger partial charge is 0.249 e. The lowest BCUT2D eigenvalue weighted by molar-refractivity contribution is -0.133. The van der Waals surface area contributed by atoms with Gasteiger partial charge in [0, 0.05) is 44.7 Å². The van der Waals surface area contributed by atoms with Crippen LogP contribution in [0.2, 0.25) is 0 Å². The predicted octanol–water partition coefficient (Wildman–Crippen LogP) is 1.69. The Hall–Kier alpha value is -2.26. The first-order chi connectivity index (χ1) is 15.0. The van der Waals surface area contributed by atoms with Gasteiger partial charge in [-0.3, -0.25) is 19.8 Å². The molecule has 31 heavy (non-hydrogen) atoms. The molecule has 0 radical (unpaired) electrons. The van der Waals surface area contributed by atoms with Crippen molar-refractivity contribution in [2.75, 3.05) is 56.0 Å². The van der Waals surface area contributed by atoms with Crippen LogP contribution in [-0.4, -0.2) is 68.6 Å². The molecule has 3 aliphatic heterocycles. The van der Waals surface area contributed by atoms with Gasteiger partial charge in [-0.2, -0.15) is 0 Å². The molecule has 2 amide bonds. The van der Waals surface area contributed by atoms with Crippen molar-refractivity contribution in [3.63, 3.8) is 0 Å². The molecule has 1 aromatic rings. The highest BCUT2D eigenvalue weighted by Gasteiger charge is 2.28. The van der Waals surface area contributed by atoms with Crippen LogP contribution in [0.3, 0.4) is 0 Å². The molecule has 3 fully saturated rings. The number of piperidine rings is 2. The van der Waals surface area contributed by atoms with Gasteiger partial charge >= 0.3 is 0 Å². The van der Waals surface area contributed by atoms with Crippen LogP contribution >= 0.6 is 0 Å². The lowest BCUT2D eigenvalue weighted by Crippen LogP contribution is -2.48. The molecule has 3 N–H and O–H groups in total. The zero-order chi connectivity index (χ0) is 21.8. The van der Waals surface area contributed by atoms with E-state index in [1.165, 1.54) is 25.3 Å². The van der Waals surface area contributed by atoms with Gasteiger partial charge in [0.15, 0.2) is 0 Å². The molecule has 3 aliphatic rings. The van der Waals surface area contributed by atoms with Crippen LogP contribution in [0.1, 0.15) is 32.1 Å². The third kappa shape index (κ3) is 5.51. The summed E-state index contributed by atoms with van der Waals surface area (Å²) in [6.07, 6.45) is 4.11. The van der Waals surface area contributed by atoms with Gasteiger partial charge in [0.05, 0.1) is 11.4 Å². The average molecular weight is 436 g/mol. The van der Waals surface area contributed by atoms with Crippen molar-refractivity contribution in [1.82, 2.24) is 15.5 Å². The number of carbonyl (C=O) groups is 2. The lowest BCUT2D eigenvalue weighted by atomic mass is 9.94. The number of carbonyl (C=O) groups excluding carboxylic acids is 2. The minimum atomic E-state index is -0.749. The minimum absolute atomic E-state index is 0.0589. The van der Waals surface area contributed by atoms with E-state index in [0.29, 0.717) is 13.1 Å². The Labute approximate surface area is 181 Å². The summed E-state index contributed by atoms with van der Waals surface area (Å²) in [6.45, 7) is 6.26. The normalized spacial score (nSPS) is 23.7. The Kier molecular flexibility index (Phi) is 7.02. The second-order valence-corrected chi connectivity index (χ2v) is 8.74. The number of nitrogens with one attached hydrogen (secondary N) is 3. The fraction of sp³-hybridized carbons (Fsp3) is 0.636. The molecular weight excluding hydrogens is 404 g/mol. The van der Waals surface area contributed by atoms with Gasteiger partial charge in [0.25, 0.3) is 0 Å². The molecule has 4 rings (SSSR count). The van der Waals surface area contributed by atoms with E-state index < -0.39 is 23.6 Å². The number of amides is 2. The molecule has 0 aliphatic carbocycles. The first-order valence-corrected chi connectivity index (χ1v) is 11.3. The second-order valence-electron chi connectivity index (χ2n) is 8.74. The second kappa shape index (κ2) is 9.91. The number of imide groups is 1. The third-order valence-corrected chi connectivity index (χ3v) is 6.63. The van der Waals surface area contributed by atoms with Gasteiger partial charge in [-0.05, 0) is 51.2 Å². The van der Waals surface area contributed by atoms with Gasteiger partial charge in [-0.1, -0.05) is 0 Å².